The third kappa shape index (κ3) is 4.36. The molecule has 2 heterocycles. The van der Waals surface area contributed by atoms with Crippen molar-refractivity contribution in [3.63, 3.8) is 0 Å². The zero-order chi connectivity index (χ0) is 22.8. The van der Waals surface area contributed by atoms with Crippen molar-refractivity contribution < 1.29 is 9.90 Å². The largest absolute Gasteiger partial charge is 0.494 e. The Morgan fingerprint density at radius 2 is 1.75 bits per heavy atom. The molecule has 0 bridgehead atoms. The molecule has 1 fully saturated rings. The summed E-state index contributed by atoms with van der Waals surface area (Å²) >= 11 is 0. The molecule has 1 aliphatic heterocycles. The van der Waals surface area contributed by atoms with Gasteiger partial charge in [0.25, 0.3) is 11.5 Å². The smallest absolute Gasteiger partial charge is 0.258 e. The monoisotopic (exact) mass is 433 g/mol. The highest BCUT2D eigenvalue weighted by Gasteiger charge is 2.15. The molecule has 2 aromatic carbocycles. The third-order valence-electron chi connectivity index (χ3n) is 5.76. The fourth-order valence-electron chi connectivity index (χ4n) is 3.81. The number of pyridine rings is 1. The number of H-pyrrole nitrogens is 1. The number of amides is 1. The minimum absolute atomic E-state index is 0.186. The highest BCUT2D eigenvalue weighted by Crippen LogP contribution is 2.25. The van der Waals surface area contributed by atoms with Gasteiger partial charge < -0.3 is 19.8 Å². The van der Waals surface area contributed by atoms with Crippen molar-refractivity contribution in [1.82, 2.24) is 14.8 Å². The number of carbonyl (C=O) groups is 1. The number of benzene rings is 2. The van der Waals surface area contributed by atoms with Crippen LogP contribution in [0.2, 0.25) is 0 Å². The van der Waals surface area contributed by atoms with E-state index in [1.54, 1.807) is 32.3 Å². The predicted molar refractivity (Wildman–Crippen MR) is 128 cm³/mol. The van der Waals surface area contributed by atoms with Gasteiger partial charge in [-0.25, -0.2) is 0 Å². The first-order chi connectivity index (χ1) is 15.3. The average Bonchev–Trinajstić information content (AvgIpc) is 2.79. The Bertz CT molecular complexity index is 1220. The van der Waals surface area contributed by atoms with E-state index < -0.39 is 5.56 Å². The van der Waals surface area contributed by atoms with Crippen LogP contribution in [-0.4, -0.2) is 79.3 Å². The van der Waals surface area contributed by atoms with Gasteiger partial charge in [-0.1, -0.05) is 0 Å². The summed E-state index contributed by atoms with van der Waals surface area (Å²) in [7, 11) is 5.45. The normalized spacial score (nSPS) is 14.9. The van der Waals surface area contributed by atoms with E-state index in [-0.39, 0.29) is 11.8 Å². The molecule has 8 heteroatoms. The van der Waals surface area contributed by atoms with E-state index >= 15 is 0 Å². The highest BCUT2D eigenvalue weighted by atomic mass is 16.3. The summed E-state index contributed by atoms with van der Waals surface area (Å²) in [6.45, 7) is 4.06. The maximum atomic E-state index is 12.4. The minimum Gasteiger partial charge on any atom is -0.494 e. The molecule has 0 spiro atoms. The van der Waals surface area contributed by atoms with E-state index in [9.17, 15) is 14.7 Å². The number of likely N-dealkylation sites (N-methyl/N-ethyl adjacent to an activating group) is 1. The van der Waals surface area contributed by atoms with Gasteiger partial charge in [0.2, 0.25) is 5.88 Å². The van der Waals surface area contributed by atoms with Gasteiger partial charge in [-0.15, -0.1) is 0 Å². The zero-order valence-electron chi connectivity index (χ0n) is 18.5. The number of aromatic hydroxyl groups is 1. The number of rotatable bonds is 4. The van der Waals surface area contributed by atoms with Crippen LogP contribution in [0.15, 0.2) is 52.3 Å². The van der Waals surface area contributed by atoms with Crippen LogP contribution < -0.4 is 10.5 Å². The van der Waals surface area contributed by atoms with Gasteiger partial charge in [-0.05, 0) is 49.5 Å². The first-order valence-corrected chi connectivity index (χ1v) is 10.5. The van der Waals surface area contributed by atoms with E-state index in [2.05, 4.69) is 26.8 Å². The molecule has 0 radical (unpaired) electrons. The van der Waals surface area contributed by atoms with Crippen LogP contribution >= 0.6 is 0 Å². The second-order valence-corrected chi connectivity index (χ2v) is 8.24. The Morgan fingerprint density at radius 1 is 1.06 bits per heavy atom. The molecular weight excluding hydrogens is 406 g/mol. The van der Waals surface area contributed by atoms with Gasteiger partial charge in [0.05, 0.1) is 11.3 Å². The summed E-state index contributed by atoms with van der Waals surface area (Å²) in [6, 6.07) is 12.7. The summed E-state index contributed by atoms with van der Waals surface area (Å²) in [6.07, 6.45) is 1.52. The molecule has 1 aromatic heterocycles. The van der Waals surface area contributed by atoms with Crippen molar-refractivity contribution in [2.45, 2.75) is 0 Å². The summed E-state index contributed by atoms with van der Waals surface area (Å²) in [5.41, 5.74) is 2.24. The maximum Gasteiger partial charge on any atom is 0.258 e. The first kappa shape index (κ1) is 21.6. The van der Waals surface area contributed by atoms with Crippen molar-refractivity contribution in [3.8, 4) is 5.88 Å². The maximum absolute atomic E-state index is 12.4. The van der Waals surface area contributed by atoms with Gasteiger partial charge in [0, 0.05) is 68.5 Å². The van der Waals surface area contributed by atoms with Gasteiger partial charge >= 0.3 is 0 Å². The average molecular weight is 434 g/mol. The summed E-state index contributed by atoms with van der Waals surface area (Å²) < 4.78 is 0. The Hall–Kier alpha value is -3.65. The second-order valence-electron chi connectivity index (χ2n) is 8.24. The lowest BCUT2D eigenvalue weighted by Gasteiger charge is -2.34. The van der Waals surface area contributed by atoms with E-state index in [4.69, 9.17) is 0 Å². The topological polar surface area (TPSA) is 92.2 Å². The van der Waals surface area contributed by atoms with Crippen LogP contribution in [0.5, 0.6) is 5.88 Å². The van der Waals surface area contributed by atoms with Gasteiger partial charge in [-0.3, -0.25) is 19.6 Å². The Balaban J connectivity index is 1.65. The van der Waals surface area contributed by atoms with Crippen molar-refractivity contribution in [2.24, 2.45) is 4.99 Å². The molecule has 32 heavy (non-hydrogen) atoms. The van der Waals surface area contributed by atoms with Gasteiger partial charge in [0.1, 0.15) is 0 Å². The zero-order valence-corrected chi connectivity index (χ0v) is 18.5. The number of carbonyl (C=O) groups excluding carboxylic acids is 1. The molecule has 2 N–H and O–H groups in total. The van der Waals surface area contributed by atoms with E-state index in [1.165, 1.54) is 11.1 Å². The van der Waals surface area contributed by atoms with Gasteiger partial charge in [0.15, 0.2) is 0 Å². The molecule has 8 nitrogen and oxygen atoms in total. The van der Waals surface area contributed by atoms with Crippen molar-refractivity contribution in [3.05, 3.63) is 63.9 Å². The molecule has 1 aliphatic rings. The number of fused-ring (bicyclic) bond motifs is 1. The first-order valence-electron chi connectivity index (χ1n) is 10.5. The number of aromatic nitrogens is 1. The van der Waals surface area contributed by atoms with Crippen molar-refractivity contribution in [1.29, 1.82) is 0 Å². The summed E-state index contributed by atoms with van der Waals surface area (Å²) in [5, 5.41) is 11.2. The van der Waals surface area contributed by atoms with E-state index in [0.717, 1.165) is 37.6 Å². The van der Waals surface area contributed by atoms with Crippen LogP contribution in [0.1, 0.15) is 15.9 Å². The molecule has 0 atom stereocenters. The number of hydrogen-bond donors (Lipinski definition) is 2. The number of hydrogen-bond acceptors (Lipinski definition) is 6. The quantitative estimate of drug-likeness (QED) is 0.617. The fraction of sp³-hybridized carbons (Fsp3) is 0.292. The van der Waals surface area contributed by atoms with Crippen molar-refractivity contribution >= 4 is 34.3 Å². The summed E-state index contributed by atoms with van der Waals surface area (Å²) in [4.78, 5) is 37.7. The third-order valence-corrected chi connectivity index (χ3v) is 5.76. The van der Waals surface area contributed by atoms with E-state index in [1.807, 2.05) is 24.3 Å². The molecular formula is C24H27N5O3. The van der Waals surface area contributed by atoms with Crippen molar-refractivity contribution in [2.75, 3.05) is 52.2 Å². The van der Waals surface area contributed by atoms with Crippen LogP contribution in [-0.2, 0) is 0 Å². The standard InChI is InChI=1S/C24H27N5O3/c1-27(2)24(32)16-4-9-19-20(14-16)21(23(31)26-22(19)30)15-25-17-5-7-18(8-6-17)29-12-10-28(3)11-13-29/h4-9,14-15H,10-13H2,1-3H3,(H2,26,30,31). The number of aromatic amines is 1. The predicted octanol–water partition coefficient (Wildman–Crippen LogP) is 2.44. The minimum atomic E-state index is -0.421. The molecule has 166 valence electrons. The second kappa shape index (κ2) is 8.84. The lowest BCUT2D eigenvalue weighted by Crippen LogP contribution is -2.44. The number of nitrogens with zero attached hydrogens (tertiary/aromatic N) is 4. The summed E-state index contributed by atoms with van der Waals surface area (Å²) in [5.74, 6) is -0.469. The fourth-order valence-corrected chi connectivity index (χ4v) is 3.81. The SMILES string of the molecule is CN1CCN(c2ccc(N=Cc3c(O)[nH]c(=O)c4ccc(C(=O)N(C)C)cc34)cc2)CC1. The highest BCUT2D eigenvalue weighted by molar-refractivity contribution is 6.05. The lowest BCUT2D eigenvalue weighted by molar-refractivity contribution is 0.0827. The lowest BCUT2D eigenvalue weighted by atomic mass is 10.0. The molecule has 1 amide bonds. The molecule has 3 aromatic rings. The van der Waals surface area contributed by atoms with E-state index in [0.29, 0.717) is 21.9 Å². The van der Waals surface area contributed by atoms with Gasteiger partial charge in [-0.2, -0.15) is 0 Å². The molecule has 1 saturated heterocycles. The molecule has 0 aliphatic carbocycles. The van der Waals surface area contributed by atoms with Crippen LogP contribution in [0.4, 0.5) is 11.4 Å². The molecule has 4 rings (SSSR count). The van der Waals surface area contributed by atoms with Crippen LogP contribution in [0.25, 0.3) is 10.8 Å². The van der Waals surface area contributed by atoms with Crippen LogP contribution in [0, 0.1) is 0 Å². The Kier molecular flexibility index (Phi) is 5.96. The van der Waals surface area contributed by atoms with Crippen LogP contribution in [0.3, 0.4) is 0 Å². The molecule has 0 saturated carbocycles. The number of piperazine rings is 1. The Labute approximate surface area is 186 Å². The number of nitrogens with one attached hydrogen (secondary N) is 1. The molecule has 0 unspecified atom stereocenters. The number of aliphatic imine (C=N–C) groups is 1. The Morgan fingerprint density at radius 3 is 2.41 bits per heavy atom. The number of anilines is 1.